The van der Waals surface area contributed by atoms with Gasteiger partial charge in [-0.15, -0.1) is 12.6 Å². The molecular formula is C6H10O3S. The summed E-state index contributed by atoms with van der Waals surface area (Å²) in [5.41, 5.74) is 0. The van der Waals surface area contributed by atoms with Crippen molar-refractivity contribution in [2.24, 2.45) is 0 Å². The van der Waals surface area contributed by atoms with Gasteiger partial charge in [-0.3, -0.25) is 0 Å². The minimum atomic E-state index is 0.248. The molecule has 4 heteroatoms. The van der Waals surface area contributed by atoms with Crippen LogP contribution >= 0.6 is 12.6 Å². The van der Waals surface area contributed by atoms with E-state index >= 15 is 0 Å². The van der Waals surface area contributed by atoms with E-state index in [0.717, 1.165) is 6.26 Å². The summed E-state index contributed by atoms with van der Waals surface area (Å²) in [5.74, 6) is 0.630. The third-order valence-electron chi connectivity index (χ3n) is 0.917. The maximum atomic E-state index is 8.52. The number of thiol groups is 1. The van der Waals surface area contributed by atoms with Gasteiger partial charge in [-0.25, -0.2) is 0 Å². The fraction of sp³-hybridized carbons (Fsp3) is 0.333. The predicted molar refractivity (Wildman–Crippen MR) is 41.8 cm³/mol. The zero-order chi connectivity index (χ0) is 7.98. The van der Waals surface area contributed by atoms with Gasteiger partial charge < -0.3 is 14.6 Å². The normalized spacial score (nSPS) is 13.1. The largest absolute Gasteiger partial charge is 0.512 e. The standard InChI is InChI=1S/C6H10O3S/c1-8-5(3-7)6(4-10)9-2/h3-4,7,10H,1-2H3/b5-3-,6-4+. The topological polar surface area (TPSA) is 38.7 Å². The molecule has 0 fully saturated rings. The fourth-order valence-electron chi connectivity index (χ4n) is 0.434. The molecule has 0 aliphatic carbocycles. The van der Waals surface area contributed by atoms with Crippen molar-refractivity contribution in [3.8, 4) is 0 Å². The SMILES string of the molecule is COC(=C\O)/C(=C\S)OC. The predicted octanol–water partition coefficient (Wildman–Crippen LogP) is 1.45. The monoisotopic (exact) mass is 162 g/mol. The average molecular weight is 162 g/mol. The molecule has 0 aromatic heterocycles. The molecule has 58 valence electrons. The van der Waals surface area contributed by atoms with Gasteiger partial charge in [0.15, 0.2) is 11.5 Å². The average Bonchev–Trinajstić information content (AvgIpc) is 2.00. The summed E-state index contributed by atoms with van der Waals surface area (Å²) < 4.78 is 9.49. The van der Waals surface area contributed by atoms with E-state index in [4.69, 9.17) is 14.6 Å². The van der Waals surface area contributed by atoms with Crippen LogP contribution in [0.25, 0.3) is 0 Å². The highest BCUT2D eigenvalue weighted by molar-refractivity contribution is 7.83. The van der Waals surface area contributed by atoms with Gasteiger partial charge in [0.05, 0.1) is 14.2 Å². The van der Waals surface area contributed by atoms with E-state index in [-0.39, 0.29) is 5.76 Å². The highest BCUT2D eigenvalue weighted by Crippen LogP contribution is 2.10. The van der Waals surface area contributed by atoms with Crippen LogP contribution in [-0.2, 0) is 9.47 Å². The maximum absolute atomic E-state index is 8.52. The van der Waals surface area contributed by atoms with Gasteiger partial charge in [-0.2, -0.15) is 0 Å². The summed E-state index contributed by atoms with van der Waals surface area (Å²) in [6.07, 6.45) is 0.811. The van der Waals surface area contributed by atoms with Crippen molar-refractivity contribution in [3.63, 3.8) is 0 Å². The summed E-state index contributed by atoms with van der Waals surface area (Å²) in [5, 5.41) is 9.91. The van der Waals surface area contributed by atoms with E-state index < -0.39 is 0 Å². The van der Waals surface area contributed by atoms with Crippen LogP contribution in [-0.4, -0.2) is 19.3 Å². The van der Waals surface area contributed by atoms with Gasteiger partial charge in [0.25, 0.3) is 0 Å². The minimum Gasteiger partial charge on any atom is -0.512 e. The van der Waals surface area contributed by atoms with Crippen molar-refractivity contribution in [2.45, 2.75) is 0 Å². The van der Waals surface area contributed by atoms with Crippen LogP contribution in [0.2, 0.25) is 0 Å². The van der Waals surface area contributed by atoms with Gasteiger partial charge in [0.2, 0.25) is 0 Å². The van der Waals surface area contributed by atoms with E-state index in [2.05, 4.69) is 12.6 Å². The lowest BCUT2D eigenvalue weighted by Crippen LogP contribution is -1.93. The molecule has 1 N–H and O–H groups in total. The number of aliphatic hydroxyl groups excluding tert-OH is 1. The molecule has 0 saturated carbocycles. The lowest BCUT2D eigenvalue weighted by atomic mass is 10.5. The Bertz CT molecular complexity index is 133. The highest BCUT2D eigenvalue weighted by atomic mass is 32.1. The van der Waals surface area contributed by atoms with Crippen LogP contribution < -0.4 is 0 Å². The van der Waals surface area contributed by atoms with Crippen molar-refractivity contribution < 1.29 is 14.6 Å². The zero-order valence-corrected chi connectivity index (χ0v) is 6.76. The Kier molecular flexibility index (Phi) is 4.66. The Balaban J connectivity index is 4.27. The molecule has 0 heterocycles. The van der Waals surface area contributed by atoms with Gasteiger partial charge in [0.1, 0.15) is 6.26 Å². The molecule has 0 spiro atoms. The first-order chi connectivity index (χ1) is 4.79. The van der Waals surface area contributed by atoms with E-state index in [1.165, 1.54) is 19.6 Å². The van der Waals surface area contributed by atoms with Crippen molar-refractivity contribution in [1.29, 1.82) is 0 Å². The van der Waals surface area contributed by atoms with Crippen molar-refractivity contribution in [1.82, 2.24) is 0 Å². The number of ether oxygens (including phenoxy) is 2. The Morgan fingerprint density at radius 2 is 1.80 bits per heavy atom. The zero-order valence-electron chi connectivity index (χ0n) is 5.87. The smallest absolute Gasteiger partial charge is 0.195 e. The Morgan fingerprint density at radius 1 is 1.30 bits per heavy atom. The first-order valence-electron chi connectivity index (χ1n) is 2.57. The lowest BCUT2D eigenvalue weighted by molar-refractivity contribution is 0.210. The van der Waals surface area contributed by atoms with E-state index in [1.807, 2.05) is 0 Å². The number of hydrogen-bond donors (Lipinski definition) is 2. The molecule has 0 rings (SSSR count). The van der Waals surface area contributed by atoms with Crippen LogP contribution in [0, 0.1) is 0 Å². The maximum Gasteiger partial charge on any atom is 0.195 e. The highest BCUT2D eigenvalue weighted by Gasteiger charge is 2.02. The first kappa shape index (κ1) is 9.23. The molecule has 0 aromatic rings. The third kappa shape index (κ3) is 2.23. The molecule has 3 nitrogen and oxygen atoms in total. The number of aliphatic hydroxyl groups is 1. The molecule has 0 amide bonds. The molecule has 0 aliphatic heterocycles. The van der Waals surface area contributed by atoms with Crippen LogP contribution in [0.4, 0.5) is 0 Å². The summed E-state index contributed by atoms with van der Waals surface area (Å²) >= 11 is 3.82. The summed E-state index contributed by atoms with van der Waals surface area (Å²) in [7, 11) is 2.89. The molecule has 0 bridgehead atoms. The third-order valence-corrected chi connectivity index (χ3v) is 1.15. The van der Waals surface area contributed by atoms with Crippen LogP contribution in [0.15, 0.2) is 23.2 Å². The first-order valence-corrected chi connectivity index (χ1v) is 3.08. The van der Waals surface area contributed by atoms with Gasteiger partial charge in [-0.05, 0) is 0 Å². The second kappa shape index (κ2) is 5.05. The molecule has 0 atom stereocenters. The van der Waals surface area contributed by atoms with Crippen LogP contribution in [0.3, 0.4) is 0 Å². The van der Waals surface area contributed by atoms with Gasteiger partial charge >= 0.3 is 0 Å². The Hall–Kier alpha value is -0.770. The number of rotatable bonds is 3. The second-order valence-electron chi connectivity index (χ2n) is 1.39. The molecule has 0 radical (unpaired) electrons. The second-order valence-corrected chi connectivity index (χ2v) is 1.65. The van der Waals surface area contributed by atoms with Crippen molar-refractivity contribution in [3.05, 3.63) is 23.2 Å². The Labute approximate surface area is 65.4 Å². The fourth-order valence-corrected chi connectivity index (χ4v) is 0.666. The summed E-state index contributed by atoms with van der Waals surface area (Å²) in [6, 6.07) is 0. The van der Waals surface area contributed by atoms with Gasteiger partial charge in [0, 0.05) is 5.41 Å². The summed E-state index contributed by atoms with van der Waals surface area (Å²) in [4.78, 5) is 0. The van der Waals surface area contributed by atoms with Crippen LogP contribution in [0.1, 0.15) is 0 Å². The van der Waals surface area contributed by atoms with Crippen LogP contribution in [0.5, 0.6) is 0 Å². The molecule has 0 aliphatic rings. The summed E-state index contributed by atoms with van der Waals surface area (Å²) in [6.45, 7) is 0. The van der Waals surface area contributed by atoms with Crippen molar-refractivity contribution in [2.75, 3.05) is 14.2 Å². The lowest BCUT2D eigenvalue weighted by Gasteiger charge is -2.05. The number of methoxy groups -OCH3 is 2. The molecular weight excluding hydrogens is 152 g/mol. The molecule has 0 unspecified atom stereocenters. The van der Waals surface area contributed by atoms with Crippen molar-refractivity contribution >= 4 is 12.6 Å². The minimum absolute atomic E-state index is 0.248. The van der Waals surface area contributed by atoms with E-state index in [9.17, 15) is 0 Å². The van der Waals surface area contributed by atoms with E-state index in [0.29, 0.717) is 5.76 Å². The molecule has 10 heavy (non-hydrogen) atoms. The van der Waals surface area contributed by atoms with E-state index in [1.54, 1.807) is 0 Å². The van der Waals surface area contributed by atoms with Gasteiger partial charge in [-0.1, -0.05) is 0 Å². The molecule has 0 aromatic carbocycles. The quantitative estimate of drug-likeness (QED) is 0.375. The molecule has 0 saturated heterocycles. The number of hydrogen-bond acceptors (Lipinski definition) is 4. The Morgan fingerprint density at radius 3 is 1.90 bits per heavy atom.